The Hall–Kier alpha value is -2.50. The van der Waals surface area contributed by atoms with Gasteiger partial charge in [-0.3, -0.25) is 10.2 Å². The number of hydrogen-bond donors (Lipinski definition) is 2. The van der Waals surface area contributed by atoms with Crippen molar-refractivity contribution in [2.45, 2.75) is 52.5 Å². The zero-order chi connectivity index (χ0) is 20.4. The lowest BCUT2D eigenvalue weighted by Gasteiger charge is -2.41. The van der Waals surface area contributed by atoms with Crippen LogP contribution in [0.5, 0.6) is 0 Å². The van der Waals surface area contributed by atoms with Crippen molar-refractivity contribution in [1.29, 1.82) is 5.41 Å². The highest BCUT2D eigenvalue weighted by Crippen LogP contribution is 2.23. The molecule has 0 spiro atoms. The first-order valence-electron chi connectivity index (χ1n) is 9.28. The van der Waals surface area contributed by atoms with Gasteiger partial charge in [0.15, 0.2) is 5.84 Å². The van der Waals surface area contributed by atoms with Gasteiger partial charge in [-0.25, -0.2) is 9.38 Å². The molecule has 1 aromatic carbocycles. The summed E-state index contributed by atoms with van der Waals surface area (Å²) < 4.78 is 14.3. The molecule has 0 heterocycles. The highest BCUT2D eigenvalue weighted by Gasteiger charge is 2.29. The van der Waals surface area contributed by atoms with Crippen molar-refractivity contribution >= 4 is 19.0 Å². The number of halogens is 1. The van der Waals surface area contributed by atoms with Crippen LogP contribution in [0.15, 0.2) is 35.0 Å². The average Bonchev–Trinajstić information content (AvgIpc) is 2.66. The molecular formula is C21H31FN4O. The van der Waals surface area contributed by atoms with Crippen molar-refractivity contribution < 1.29 is 9.18 Å². The number of carbonyl (C=O) groups excluding carboxylic acids is 1. The average molecular weight is 375 g/mol. The maximum absolute atomic E-state index is 14.3. The summed E-state index contributed by atoms with van der Waals surface area (Å²) in [7, 11) is 0. The standard InChI is InChI=1S/C21H31FN4O/c1-6-8-19(20(23)24-5)26(21(3,4)14-25-15-27)12-11-17-13-16(7-2)9-10-18(17)22/h8-10,13,15,23H,5-7,11-12,14H2,1-4H3,(H,25,27)/b19-8+,23-20?. The molecule has 0 fully saturated rings. The lowest BCUT2D eigenvalue weighted by Crippen LogP contribution is -2.51. The number of benzene rings is 1. The first-order valence-corrected chi connectivity index (χ1v) is 9.28. The van der Waals surface area contributed by atoms with Gasteiger partial charge in [0.05, 0.1) is 11.2 Å². The van der Waals surface area contributed by atoms with E-state index in [4.69, 9.17) is 5.41 Å². The van der Waals surface area contributed by atoms with Crippen LogP contribution in [0.25, 0.3) is 0 Å². The lowest BCUT2D eigenvalue weighted by atomic mass is 9.98. The normalized spacial score (nSPS) is 11.8. The predicted molar refractivity (Wildman–Crippen MR) is 110 cm³/mol. The number of aryl methyl sites for hydroxylation is 1. The number of aliphatic imine (C=N–C) groups is 1. The van der Waals surface area contributed by atoms with Gasteiger partial charge in [0.1, 0.15) is 5.82 Å². The van der Waals surface area contributed by atoms with Crippen LogP contribution < -0.4 is 5.32 Å². The number of carbonyl (C=O) groups is 1. The third-order valence-electron chi connectivity index (χ3n) is 4.56. The molecule has 1 amide bonds. The first-order chi connectivity index (χ1) is 12.8. The van der Waals surface area contributed by atoms with Crippen LogP contribution in [0.1, 0.15) is 45.2 Å². The van der Waals surface area contributed by atoms with E-state index < -0.39 is 5.54 Å². The summed E-state index contributed by atoms with van der Waals surface area (Å²) in [6.45, 7) is 12.3. The maximum atomic E-state index is 14.3. The molecule has 2 N–H and O–H groups in total. The molecule has 0 atom stereocenters. The van der Waals surface area contributed by atoms with Gasteiger partial charge in [0.2, 0.25) is 6.41 Å². The minimum absolute atomic E-state index is 0.0683. The SMILES string of the molecule is C=NC(=N)/C(=C\CC)N(CCc1cc(CC)ccc1F)C(C)(C)CNC=O. The summed E-state index contributed by atoms with van der Waals surface area (Å²) in [6.07, 6.45) is 4.62. The summed E-state index contributed by atoms with van der Waals surface area (Å²) in [6, 6.07) is 5.20. The monoisotopic (exact) mass is 374 g/mol. The summed E-state index contributed by atoms with van der Waals surface area (Å²) in [5.41, 5.74) is 1.88. The van der Waals surface area contributed by atoms with E-state index in [0.717, 1.165) is 18.4 Å². The number of nitrogens with one attached hydrogen (secondary N) is 2. The number of amidine groups is 1. The second-order valence-electron chi connectivity index (χ2n) is 7.00. The molecule has 0 aliphatic heterocycles. The van der Waals surface area contributed by atoms with Crippen LogP contribution in [-0.4, -0.2) is 42.5 Å². The van der Waals surface area contributed by atoms with Crippen LogP contribution in [-0.2, 0) is 17.6 Å². The Labute approximate surface area is 161 Å². The van der Waals surface area contributed by atoms with E-state index in [-0.39, 0.29) is 11.7 Å². The Morgan fingerprint density at radius 2 is 2.11 bits per heavy atom. The molecule has 0 saturated carbocycles. The topological polar surface area (TPSA) is 68.6 Å². The fraction of sp³-hybridized carbons (Fsp3) is 0.476. The van der Waals surface area contributed by atoms with Gasteiger partial charge in [-0.05, 0) is 57.0 Å². The smallest absolute Gasteiger partial charge is 0.207 e. The fourth-order valence-corrected chi connectivity index (χ4v) is 3.02. The van der Waals surface area contributed by atoms with Gasteiger partial charge in [-0.2, -0.15) is 0 Å². The molecule has 0 bridgehead atoms. The van der Waals surface area contributed by atoms with Gasteiger partial charge in [-0.1, -0.05) is 32.1 Å². The van der Waals surface area contributed by atoms with Gasteiger partial charge < -0.3 is 10.2 Å². The minimum Gasteiger partial charge on any atom is -0.362 e. The molecule has 0 aliphatic carbocycles. The van der Waals surface area contributed by atoms with E-state index in [1.54, 1.807) is 6.07 Å². The Morgan fingerprint density at radius 3 is 2.67 bits per heavy atom. The zero-order valence-corrected chi connectivity index (χ0v) is 16.8. The van der Waals surface area contributed by atoms with Gasteiger partial charge in [0, 0.05) is 13.1 Å². The number of rotatable bonds is 11. The van der Waals surface area contributed by atoms with Crippen LogP contribution in [0.2, 0.25) is 0 Å². The molecule has 0 aliphatic rings. The zero-order valence-electron chi connectivity index (χ0n) is 16.8. The molecule has 0 aromatic heterocycles. The third kappa shape index (κ3) is 6.31. The van der Waals surface area contributed by atoms with E-state index in [1.165, 1.54) is 6.07 Å². The van der Waals surface area contributed by atoms with Crippen molar-refractivity contribution in [3.8, 4) is 0 Å². The summed E-state index contributed by atoms with van der Waals surface area (Å²) in [5, 5.41) is 10.9. The van der Waals surface area contributed by atoms with Crippen molar-refractivity contribution in [1.82, 2.24) is 10.2 Å². The first kappa shape index (κ1) is 22.5. The molecule has 0 saturated heterocycles. The second kappa shape index (κ2) is 10.6. The van der Waals surface area contributed by atoms with Gasteiger partial charge >= 0.3 is 0 Å². The van der Waals surface area contributed by atoms with E-state index >= 15 is 0 Å². The van der Waals surface area contributed by atoms with Crippen LogP contribution >= 0.6 is 0 Å². The highest BCUT2D eigenvalue weighted by atomic mass is 19.1. The van der Waals surface area contributed by atoms with Crippen molar-refractivity contribution in [2.75, 3.05) is 13.1 Å². The van der Waals surface area contributed by atoms with E-state index in [1.807, 2.05) is 44.7 Å². The molecule has 27 heavy (non-hydrogen) atoms. The molecule has 1 rings (SSSR count). The third-order valence-corrected chi connectivity index (χ3v) is 4.56. The number of nitrogens with zero attached hydrogens (tertiary/aromatic N) is 2. The van der Waals surface area contributed by atoms with Crippen molar-refractivity contribution in [3.63, 3.8) is 0 Å². The van der Waals surface area contributed by atoms with E-state index in [2.05, 4.69) is 17.0 Å². The minimum atomic E-state index is -0.488. The molecule has 6 heteroatoms. The van der Waals surface area contributed by atoms with E-state index in [9.17, 15) is 9.18 Å². The molecular weight excluding hydrogens is 343 g/mol. The van der Waals surface area contributed by atoms with Crippen LogP contribution in [0, 0.1) is 11.2 Å². The quantitative estimate of drug-likeness (QED) is 0.352. The Bertz CT molecular complexity index is 697. The lowest BCUT2D eigenvalue weighted by molar-refractivity contribution is -0.110. The van der Waals surface area contributed by atoms with Crippen LogP contribution in [0.3, 0.4) is 0 Å². The molecule has 1 aromatic rings. The Balaban J connectivity index is 3.21. The van der Waals surface area contributed by atoms with Crippen LogP contribution in [0.4, 0.5) is 4.39 Å². The molecule has 0 unspecified atom stereocenters. The maximum Gasteiger partial charge on any atom is 0.207 e. The Kier molecular flexibility index (Phi) is 8.85. The number of allylic oxidation sites excluding steroid dienone is 1. The second-order valence-corrected chi connectivity index (χ2v) is 7.00. The van der Waals surface area contributed by atoms with Gasteiger partial charge in [-0.15, -0.1) is 0 Å². The molecule has 5 nitrogen and oxygen atoms in total. The highest BCUT2D eigenvalue weighted by molar-refractivity contribution is 5.98. The number of amides is 1. The van der Waals surface area contributed by atoms with E-state index in [0.29, 0.717) is 37.2 Å². The van der Waals surface area contributed by atoms with Crippen molar-refractivity contribution in [2.24, 2.45) is 4.99 Å². The predicted octanol–water partition coefficient (Wildman–Crippen LogP) is 3.73. The largest absolute Gasteiger partial charge is 0.362 e. The fourth-order valence-electron chi connectivity index (χ4n) is 3.02. The number of hydrogen-bond acceptors (Lipinski definition) is 3. The molecule has 0 radical (unpaired) electrons. The summed E-state index contributed by atoms with van der Waals surface area (Å²) in [4.78, 5) is 16.6. The van der Waals surface area contributed by atoms with Gasteiger partial charge in [0.25, 0.3) is 0 Å². The Morgan fingerprint density at radius 1 is 1.41 bits per heavy atom. The van der Waals surface area contributed by atoms with Crippen molar-refractivity contribution in [3.05, 3.63) is 46.9 Å². The molecule has 148 valence electrons. The summed E-state index contributed by atoms with van der Waals surface area (Å²) >= 11 is 0. The summed E-state index contributed by atoms with van der Waals surface area (Å²) in [5.74, 6) is -0.160.